The summed E-state index contributed by atoms with van der Waals surface area (Å²) in [7, 11) is 0. The largest absolute Gasteiger partial charge is 0.486 e. The number of H-pyrrole nitrogens is 1. The second kappa shape index (κ2) is 6.99. The molecule has 0 spiro atoms. The summed E-state index contributed by atoms with van der Waals surface area (Å²) < 4.78 is 11.9. The van der Waals surface area contributed by atoms with E-state index in [2.05, 4.69) is 10.3 Å². The first-order chi connectivity index (χ1) is 13.1. The minimum Gasteiger partial charge on any atom is -0.486 e. The lowest BCUT2D eigenvalue weighted by molar-refractivity contribution is -0.116. The van der Waals surface area contributed by atoms with E-state index >= 15 is 0 Å². The van der Waals surface area contributed by atoms with Crippen LogP contribution >= 0.6 is 0 Å². The van der Waals surface area contributed by atoms with Crippen LogP contribution in [0.2, 0.25) is 0 Å². The first-order valence-corrected chi connectivity index (χ1v) is 8.53. The molecule has 0 atom stereocenters. The highest BCUT2D eigenvalue weighted by molar-refractivity contribution is 5.91. The van der Waals surface area contributed by atoms with Gasteiger partial charge in [-0.15, -0.1) is 0 Å². The van der Waals surface area contributed by atoms with Gasteiger partial charge in [0.25, 0.3) is 5.56 Å². The quantitative estimate of drug-likeness (QED) is 0.727. The number of aromatic nitrogens is 2. The molecule has 0 radical (unpaired) electrons. The average molecular weight is 367 g/mol. The van der Waals surface area contributed by atoms with Gasteiger partial charge in [-0.2, -0.15) is 0 Å². The van der Waals surface area contributed by atoms with Gasteiger partial charge in [0.1, 0.15) is 13.2 Å². The van der Waals surface area contributed by atoms with Gasteiger partial charge < -0.3 is 19.8 Å². The average Bonchev–Trinajstić information content (AvgIpc) is 2.67. The van der Waals surface area contributed by atoms with Crippen molar-refractivity contribution in [2.75, 3.05) is 18.5 Å². The summed E-state index contributed by atoms with van der Waals surface area (Å²) in [5.74, 6) is 0.890. The summed E-state index contributed by atoms with van der Waals surface area (Å²) >= 11 is 0. The Balaban J connectivity index is 1.48. The SMILES string of the molecule is O=C(CCn1c(=O)[nH]c2ccccc2c1=O)Nc1ccc2c(c1)OCCO2. The fraction of sp³-hybridized carbons (Fsp3) is 0.211. The van der Waals surface area contributed by atoms with Crippen LogP contribution in [0.3, 0.4) is 0 Å². The molecular formula is C19H17N3O5. The van der Waals surface area contributed by atoms with Crippen LogP contribution in [0.5, 0.6) is 11.5 Å². The highest BCUT2D eigenvalue weighted by Crippen LogP contribution is 2.32. The highest BCUT2D eigenvalue weighted by Gasteiger charge is 2.13. The number of benzene rings is 2. The Morgan fingerprint density at radius 2 is 1.85 bits per heavy atom. The predicted molar refractivity (Wildman–Crippen MR) is 99.5 cm³/mol. The Morgan fingerprint density at radius 3 is 2.70 bits per heavy atom. The highest BCUT2D eigenvalue weighted by atomic mass is 16.6. The molecule has 3 aromatic rings. The smallest absolute Gasteiger partial charge is 0.328 e. The van der Waals surface area contributed by atoms with Crippen molar-refractivity contribution in [2.24, 2.45) is 0 Å². The maximum Gasteiger partial charge on any atom is 0.328 e. The van der Waals surface area contributed by atoms with Crippen molar-refractivity contribution in [3.63, 3.8) is 0 Å². The molecule has 0 aliphatic carbocycles. The van der Waals surface area contributed by atoms with Crippen LogP contribution in [-0.2, 0) is 11.3 Å². The number of para-hydroxylation sites is 1. The number of ether oxygens (including phenoxy) is 2. The summed E-state index contributed by atoms with van der Waals surface area (Å²) in [6.45, 7) is 0.932. The maximum absolute atomic E-state index is 12.5. The molecule has 27 heavy (non-hydrogen) atoms. The van der Waals surface area contributed by atoms with Gasteiger partial charge in [-0.05, 0) is 24.3 Å². The number of nitrogens with one attached hydrogen (secondary N) is 2. The molecule has 2 N–H and O–H groups in total. The molecule has 0 fully saturated rings. The number of aromatic amines is 1. The molecule has 2 heterocycles. The Morgan fingerprint density at radius 1 is 1.07 bits per heavy atom. The van der Waals surface area contributed by atoms with Crippen molar-refractivity contribution in [3.05, 3.63) is 63.3 Å². The lowest BCUT2D eigenvalue weighted by atomic mass is 10.2. The lowest BCUT2D eigenvalue weighted by Crippen LogP contribution is -2.36. The Hall–Kier alpha value is -3.55. The zero-order chi connectivity index (χ0) is 18.8. The number of carbonyl (C=O) groups is 1. The monoisotopic (exact) mass is 367 g/mol. The lowest BCUT2D eigenvalue weighted by Gasteiger charge is -2.19. The van der Waals surface area contributed by atoms with Crippen molar-refractivity contribution < 1.29 is 14.3 Å². The van der Waals surface area contributed by atoms with Crippen LogP contribution in [0.1, 0.15) is 6.42 Å². The molecule has 0 saturated heterocycles. The first kappa shape index (κ1) is 16.9. The number of carbonyl (C=O) groups excluding carboxylic acids is 1. The number of anilines is 1. The van der Waals surface area contributed by atoms with Gasteiger partial charge in [-0.25, -0.2) is 4.79 Å². The van der Waals surface area contributed by atoms with E-state index in [1.807, 2.05) is 0 Å². The number of amides is 1. The van der Waals surface area contributed by atoms with Gasteiger partial charge in [0.15, 0.2) is 11.5 Å². The predicted octanol–water partition coefficient (Wildman–Crippen LogP) is 1.49. The second-order valence-corrected chi connectivity index (χ2v) is 6.09. The van der Waals surface area contributed by atoms with Gasteiger partial charge >= 0.3 is 5.69 Å². The fourth-order valence-corrected chi connectivity index (χ4v) is 2.96. The number of nitrogens with zero attached hydrogens (tertiary/aromatic N) is 1. The van der Waals surface area contributed by atoms with Crippen molar-refractivity contribution in [3.8, 4) is 11.5 Å². The van der Waals surface area contributed by atoms with Crippen LogP contribution < -0.4 is 26.0 Å². The van der Waals surface area contributed by atoms with E-state index in [4.69, 9.17) is 9.47 Å². The summed E-state index contributed by atoms with van der Waals surface area (Å²) in [6.07, 6.45) is -0.0181. The molecule has 8 nitrogen and oxygen atoms in total. The molecule has 0 saturated carbocycles. The molecule has 1 aromatic heterocycles. The Kier molecular flexibility index (Phi) is 4.37. The van der Waals surface area contributed by atoms with E-state index in [-0.39, 0.29) is 18.9 Å². The third kappa shape index (κ3) is 3.41. The number of hydrogen-bond acceptors (Lipinski definition) is 5. The summed E-state index contributed by atoms with van der Waals surface area (Å²) in [6, 6.07) is 11.9. The molecular weight excluding hydrogens is 350 g/mol. The van der Waals surface area contributed by atoms with Gasteiger partial charge in [0, 0.05) is 24.7 Å². The van der Waals surface area contributed by atoms with E-state index < -0.39 is 11.2 Å². The van der Waals surface area contributed by atoms with Gasteiger partial charge in [0.2, 0.25) is 5.91 Å². The third-order valence-corrected chi connectivity index (χ3v) is 4.28. The van der Waals surface area contributed by atoms with Gasteiger partial charge in [-0.1, -0.05) is 12.1 Å². The van der Waals surface area contributed by atoms with Crippen molar-refractivity contribution >= 4 is 22.5 Å². The third-order valence-electron chi connectivity index (χ3n) is 4.28. The van der Waals surface area contributed by atoms with Crippen LogP contribution in [0.15, 0.2) is 52.1 Å². The number of hydrogen-bond donors (Lipinski definition) is 2. The van der Waals surface area contributed by atoms with Crippen LogP contribution in [0, 0.1) is 0 Å². The summed E-state index contributed by atoms with van der Waals surface area (Å²) in [5, 5.41) is 3.14. The van der Waals surface area contributed by atoms with Crippen LogP contribution in [0.4, 0.5) is 5.69 Å². The van der Waals surface area contributed by atoms with Crippen LogP contribution in [0.25, 0.3) is 10.9 Å². The molecule has 4 rings (SSSR count). The van der Waals surface area contributed by atoms with Crippen molar-refractivity contribution in [1.29, 1.82) is 0 Å². The molecule has 1 aliphatic heterocycles. The second-order valence-electron chi connectivity index (χ2n) is 6.09. The Bertz CT molecular complexity index is 1130. The fourth-order valence-electron chi connectivity index (χ4n) is 2.96. The van der Waals surface area contributed by atoms with Crippen molar-refractivity contribution in [2.45, 2.75) is 13.0 Å². The summed E-state index contributed by atoms with van der Waals surface area (Å²) in [4.78, 5) is 39.5. The molecule has 0 unspecified atom stereocenters. The zero-order valence-electron chi connectivity index (χ0n) is 14.4. The molecule has 8 heteroatoms. The minimum atomic E-state index is -0.536. The molecule has 1 aliphatic rings. The maximum atomic E-state index is 12.5. The van der Waals surface area contributed by atoms with E-state index in [9.17, 15) is 14.4 Å². The van der Waals surface area contributed by atoms with Gasteiger partial charge in [0.05, 0.1) is 10.9 Å². The van der Waals surface area contributed by atoms with Crippen molar-refractivity contribution in [1.82, 2.24) is 9.55 Å². The minimum absolute atomic E-state index is 0.0181. The van der Waals surface area contributed by atoms with E-state index in [0.717, 1.165) is 4.57 Å². The Labute approximate surface area is 153 Å². The first-order valence-electron chi connectivity index (χ1n) is 8.53. The van der Waals surface area contributed by atoms with E-state index in [0.29, 0.717) is 41.3 Å². The molecule has 0 bridgehead atoms. The molecule has 2 aromatic carbocycles. The standard InChI is InChI=1S/C19H17N3O5/c23-17(20-12-5-6-15-16(11-12)27-10-9-26-15)7-8-22-18(24)13-3-1-2-4-14(13)21-19(22)25/h1-6,11H,7-10H2,(H,20,23)(H,21,25). The number of fused-ring (bicyclic) bond motifs is 2. The van der Waals surface area contributed by atoms with Gasteiger partial charge in [-0.3, -0.25) is 14.2 Å². The zero-order valence-corrected chi connectivity index (χ0v) is 14.4. The summed E-state index contributed by atoms with van der Waals surface area (Å²) in [5.41, 5.74) is 0.0841. The molecule has 1 amide bonds. The number of rotatable bonds is 4. The van der Waals surface area contributed by atoms with E-state index in [1.54, 1.807) is 42.5 Å². The van der Waals surface area contributed by atoms with Crippen LogP contribution in [-0.4, -0.2) is 28.7 Å². The van der Waals surface area contributed by atoms with E-state index in [1.165, 1.54) is 0 Å². The topological polar surface area (TPSA) is 102 Å². The molecule has 138 valence electrons. The normalized spacial score (nSPS) is 12.7.